The van der Waals surface area contributed by atoms with E-state index < -0.39 is 7.32 Å². The van der Waals surface area contributed by atoms with E-state index in [0.29, 0.717) is 23.0 Å². The molecular formula is C59H106BN3O7. The van der Waals surface area contributed by atoms with Crippen LogP contribution in [0, 0.1) is 55.4 Å². The van der Waals surface area contributed by atoms with E-state index in [1.807, 2.05) is 104 Å². The van der Waals surface area contributed by atoms with Gasteiger partial charge in [-0.05, 0) is 219 Å². The van der Waals surface area contributed by atoms with E-state index in [4.69, 9.17) is 35.5 Å². The molecule has 0 spiro atoms. The monoisotopic (exact) mass is 980 g/mol. The van der Waals surface area contributed by atoms with Gasteiger partial charge >= 0.3 is 7.32 Å². The van der Waals surface area contributed by atoms with Crippen molar-refractivity contribution in [1.29, 1.82) is 0 Å². The summed E-state index contributed by atoms with van der Waals surface area (Å²) in [5.41, 5.74) is 8.50. The number of phenols is 4. The fourth-order valence-electron chi connectivity index (χ4n) is 7.07. The predicted octanol–water partition coefficient (Wildman–Crippen LogP) is 13.5. The van der Waals surface area contributed by atoms with E-state index in [1.165, 1.54) is 139 Å². The number of hydrogen-bond donors (Lipinski definition) is 7. The van der Waals surface area contributed by atoms with Crippen LogP contribution in [0.5, 0.6) is 23.0 Å². The third-order valence-electron chi connectivity index (χ3n) is 10.3. The summed E-state index contributed by atoms with van der Waals surface area (Å²) in [5, 5.41) is 57.7. The summed E-state index contributed by atoms with van der Waals surface area (Å²) in [6.45, 7) is 47.3. The Hall–Kier alpha value is -4.10. The predicted molar refractivity (Wildman–Crippen MR) is 305 cm³/mol. The third kappa shape index (κ3) is 45.1. The molecule has 0 atom stereocenters. The Morgan fingerprint density at radius 2 is 0.414 bits per heavy atom. The van der Waals surface area contributed by atoms with Crippen LogP contribution in [-0.2, 0) is 0 Å². The van der Waals surface area contributed by atoms with Crippen molar-refractivity contribution in [3.05, 3.63) is 117 Å². The SMILES string of the molecule is CCCN(CCC)CCC.CCCN(CCC)CCC.CCCN(CCC)CCC.Cc1ccc(O)c(C)c1.Cc1ccc(O)c(C)c1.Cc1ccc(O)c(C)c1.Cc1ccc(O)c(C)c1.OB(O)O. The quantitative estimate of drug-likeness (QED) is 0.0480. The van der Waals surface area contributed by atoms with Crippen molar-refractivity contribution in [2.24, 2.45) is 0 Å². The second kappa shape index (κ2) is 48.5. The molecule has 7 N–H and O–H groups in total. The van der Waals surface area contributed by atoms with Crippen molar-refractivity contribution in [3.8, 4) is 23.0 Å². The normalized spacial score (nSPS) is 9.93. The van der Waals surface area contributed by atoms with Crippen molar-refractivity contribution in [2.75, 3.05) is 58.9 Å². The van der Waals surface area contributed by atoms with Crippen LogP contribution in [0.4, 0.5) is 0 Å². The van der Waals surface area contributed by atoms with Gasteiger partial charge in [-0.1, -0.05) is 133 Å². The topological polar surface area (TPSA) is 151 Å². The van der Waals surface area contributed by atoms with Gasteiger partial charge in [0, 0.05) is 0 Å². The van der Waals surface area contributed by atoms with Crippen LogP contribution in [0.3, 0.4) is 0 Å². The van der Waals surface area contributed by atoms with Gasteiger partial charge in [0.05, 0.1) is 0 Å². The zero-order valence-corrected chi connectivity index (χ0v) is 47.7. The van der Waals surface area contributed by atoms with Gasteiger partial charge in [-0.3, -0.25) is 0 Å². The molecule has 4 aromatic rings. The summed E-state index contributed by atoms with van der Waals surface area (Å²) in [6.07, 6.45) is 11.6. The van der Waals surface area contributed by atoms with Gasteiger partial charge in [0.2, 0.25) is 0 Å². The van der Waals surface area contributed by atoms with Gasteiger partial charge in [-0.25, -0.2) is 0 Å². The minimum Gasteiger partial charge on any atom is -0.508 e. The molecule has 4 rings (SSSR count). The molecule has 0 fully saturated rings. The highest BCUT2D eigenvalue weighted by Gasteiger charge is 2.01. The largest absolute Gasteiger partial charge is 0.631 e. The summed E-state index contributed by atoms with van der Waals surface area (Å²) >= 11 is 0. The highest BCUT2D eigenvalue weighted by molar-refractivity contribution is 6.30. The van der Waals surface area contributed by atoms with Gasteiger partial charge < -0.3 is 50.2 Å². The highest BCUT2D eigenvalue weighted by Crippen LogP contribution is 2.18. The van der Waals surface area contributed by atoms with Crippen LogP contribution >= 0.6 is 0 Å². The van der Waals surface area contributed by atoms with Crippen LogP contribution in [0.1, 0.15) is 165 Å². The highest BCUT2D eigenvalue weighted by atomic mass is 16.5. The minimum atomic E-state index is -2.17. The lowest BCUT2D eigenvalue weighted by molar-refractivity contribution is 0.275. The van der Waals surface area contributed by atoms with Crippen molar-refractivity contribution >= 4 is 7.32 Å². The molecule has 0 amide bonds. The number of rotatable bonds is 18. The standard InChI is InChI=1S/3C9H21N.4C8H10O.BH3O3/c3*1-4-7-10(8-5-2)9-6-3;4*1-6-3-4-8(9)7(2)5-6;2-1(3)4/h3*4-9H2,1-3H3;4*3-5,9H,1-2H3;2-4H. The minimum absolute atomic E-state index is 0.376. The molecule has 0 aromatic heterocycles. The summed E-state index contributed by atoms with van der Waals surface area (Å²) in [4.78, 5) is 7.63. The molecular weight excluding hydrogens is 873 g/mol. The lowest BCUT2D eigenvalue weighted by Gasteiger charge is -2.19. The van der Waals surface area contributed by atoms with E-state index in [1.54, 1.807) is 24.3 Å². The molecule has 0 unspecified atom stereocenters. The second-order valence-corrected chi connectivity index (χ2v) is 18.0. The van der Waals surface area contributed by atoms with Gasteiger partial charge in [0.1, 0.15) is 23.0 Å². The molecule has 0 radical (unpaired) electrons. The van der Waals surface area contributed by atoms with E-state index >= 15 is 0 Å². The van der Waals surface area contributed by atoms with Crippen molar-refractivity contribution in [3.63, 3.8) is 0 Å². The molecule has 0 heterocycles. The van der Waals surface area contributed by atoms with E-state index in [9.17, 15) is 0 Å². The Bertz CT molecular complexity index is 1510. The first kappa shape index (κ1) is 72.4. The number of hydrogen-bond acceptors (Lipinski definition) is 10. The zero-order valence-electron chi connectivity index (χ0n) is 47.7. The summed E-state index contributed by atoms with van der Waals surface area (Å²) in [6, 6.07) is 22.2. The molecule has 0 saturated carbocycles. The van der Waals surface area contributed by atoms with Gasteiger partial charge in [-0.15, -0.1) is 0 Å². The second-order valence-electron chi connectivity index (χ2n) is 18.0. The van der Waals surface area contributed by atoms with Crippen LogP contribution in [0.2, 0.25) is 0 Å². The number of nitrogens with zero attached hydrogens (tertiary/aromatic N) is 3. The van der Waals surface area contributed by atoms with E-state index in [-0.39, 0.29) is 0 Å². The maximum atomic E-state index is 9.04. The number of benzene rings is 4. The van der Waals surface area contributed by atoms with Gasteiger partial charge in [0.25, 0.3) is 0 Å². The average Bonchev–Trinajstić information content (AvgIpc) is 3.29. The van der Waals surface area contributed by atoms with Crippen LogP contribution in [0.25, 0.3) is 0 Å². The van der Waals surface area contributed by atoms with Crippen molar-refractivity contribution in [2.45, 2.75) is 175 Å². The lowest BCUT2D eigenvalue weighted by atomic mass is 10.1. The summed E-state index contributed by atoms with van der Waals surface area (Å²) in [5.74, 6) is 1.50. The van der Waals surface area contributed by atoms with Crippen LogP contribution in [-0.4, -0.2) is 116 Å². The number of phenolic OH excluding ortho intramolecular Hbond substituents is 4. The van der Waals surface area contributed by atoms with Crippen LogP contribution in [0.15, 0.2) is 72.8 Å². The Morgan fingerprint density at radius 3 is 0.500 bits per heavy atom. The number of aryl methyl sites for hydroxylation is 8. The van der Waals surface area contributed by atoms with E-state index in [0.717, 1.165) is 22.3 Å². The Morgan fingerprint density at radius 1 is 0.286 bits per heavy atom. The molecule has 0 bridgehead atoms. The number of aromatic hydroxyl groups is 4. The lowest BCUT2D eigenvalue weighted by Crippen LogP contribution is -2.26. The molecule has 402 valence electrons. The molecule has 4 aromatic carbocycles. The van der Waals surface area contributed by atoms with Gasteiger partial charge in [0.15, 0.2) is 0 Å². The molecule has 11 heteroatoms. The maximum absolute atomic E-state index is 9.04. The van der Waals surface area contributed by atoms with E-state index in [2.05, 4.69) is 77.0 Å². The molecule has 0 saturated heterocycles. The van der Waals surface area contributed by atoms with Crippen LogP contribution < -0.4 is 0 Å². The Balaban J connectivity index is -0.000000358. The average molecular weight is 980 g/mol. The first-order valence-corrected chi connectivity index (χ1v) is 26.3. The molecule has 70 heavy (non-hydrogen) atoms. The molecule has 0 aliphatic rings. The summed E-state index contributed by atoms with van der Waals surface area (Å²) in [7, 11) is -2.17. The maximum Gasteiger partial charge on any atom is 0.631 e. The first-order chi connectivity index (χ1) is 33.1. The fraction of sp³-hybridized carbons (Fsp3) is 0.593. The molecule has 10 nitrogen and oxygen atoms in total. The van der Waals surface area contributed by atoms with Crippen molar-refractivity contribution < 1.29 is 35.5 Å². The zero-order chi connectivity index (χ0) is 54.5. The van der Waals surface area contributed by atoms with Gasteiger partial charge in [-0.2, -0.15) is 0 Å². The Kier molecular flexibility index (Phi) is 50.2. The fourth-order valence-corrected chi connectivity index (χ4v) is 7.07. The molecule has 0 aliphatic heterocycles. The van der Waals surface area contributed by atoms with Crippen molar-refractivity contribution in [1.82, 2.24) is 14.7 Å². The first-order valence-electron chi connectivity index (χ1n) is 26.3. The molecule has 0 aliphatic carbocycles. The Labute approximate surface area is 430 Å². The summed E-state index contributed by atoms with van der Waals surface area (Å²) < 4.78 is 0. The third-order valence-corrected chi connectivity index (χ3v) is 10.3. The smallest absolute Gasteiger partial charge is 0.508 e.